The number of piperidine rings is 1. The number of rotatable bonds is 4. The molecular formula is C19H25N5O. The molecule has 2 aliphatic rings. The Morgan fingerprint density at radius 3 is 2.76 bits per heavy atom. The molecule has 0 unspecified atom stereocenters. The number of benzene rings is 1. The van der Waals surface area contributed by atoms with Gasteiger partial charge in [-0.25, -0.2) is 9.67 Å². The normalized spacial score (nSPS) is 24.6. The molecule has 2 aromatic rings. The van der Waals surface area contributed by atoms with E-state index in [4.69, 9.17) is 0 Å². The average molecular weight is 339 g/mol. The van der Waals surface area contributed by atoms with Crippen molar-refractivity contribution in [3.8, 4) is 0 Å². The molecule has 0 aliphatic carbocycles. The Labute approximate surface area is 148 Å². The van der Waals surface area contributed by atoms with Gasteiger partial charge in [0.05, 0.1) is 12.1 Å². The van der Waals surface area contributed by atoms with Gasteiger partial charge >= 0.3 is 0 Å². The summed E-state index contributed by atoms with van der Waals surface area (Å²) in [6.07, 6.45) is 7.49. The van der Waals surface area contributed by atoms with Crippen LogP contribution in [0, 0.1) is 0 Å². The third-order valence-corrected chi connectivity index (χ3v) is 5.40. The van der Waals surface area contributed by atoms with Gasteiger partial charge in [0.15, 0.2) is 0 Å². The Balaban J connectivity index is 1.42. The third kappa shape index (κ3) is 3.58. The van der Waals surface area contributed by atoms with E-state index in [-0.39, 0.29) is 12.1 Å². The lowest BCUT2D eigenvalue weighted by atomic mass is 10.0. The van der Waals surface area contributed by atoms with Crippen molar-refractivity contribution in [2.75, 3.05) is 19.6 Å². The number of hydrogen-bond donors (Lipinski definition) is 0. The van der Waals surface area contributed by atoms with Gasteiger partial charge in [-0.2, -0.15) is 5.10 Å². The Morgan fingerprint density at radius 1 is 1.12 bits per heavy atom. The monoisotopic (exact) mass is 339 g/mol. The minimum Gasteiger partial charge on any atom is -0.339 e. The highest BCUT2D eigenvalue weighted by molar-refractivity contribution is 5.82. The van der Waals surface area contributed by atoms with Crippen molar-refractivity contribution < 1.29 is 4.79 Å². The molecule has 1 aromatic carbocycles. The zero-order valence-corrected chi connectivity index (χ0v) is 14.5. The third-order valence-electron chi connectivity index (χ3n) is 5.40. The highest BCUT2D eigenvalue weighted by Gasteiger charge is 2.35. The molecule has 132 valence electrons. The molecule has 0 saturated carbocycles. The first kappa shape index (κ1) is 16.3. The molecule has 1 aromatic heterocycles. The molecule has 25 heavy (non-hydrogen) atoms. The number of nitrogens with zero attached hydrogens (tertiary/aromatic N) is 5. The maximum atomic E-state index is 13.2. The molecule has 2 aliphatic heterocycles. The number of carbonyl (C=O) groups is 1. The van der Waals surface area contributed by atoms with Crippen LogP contribution in [0.4, 0.5) is 0 Å². The zero-order chi connectivity index (χ0) is 17.1. The first-order valence-electron chi connectivity index (χ1n) is 9.22. The lowest BCUT2D eigenvalue weighted by Crippen LogP contribution is -2.49. The van der Waals surface area contributed by atoms with Crippen molar-refractivity contribution >= 4 is 5.91 Å². The smallest absolute Gasteiger partial charge is 0.240 e. The van der Waals surface area contributed by atoms with Crippen LogP contribution in [0.15, 0.2) is 43.0 Å². The minimum absolute atomic E-state index is 0.0229. The van der Waals surface area contributed by atoms with E-state index in [0.717, 1.165) is 51.9 Å². The average Bonchev–Trinajstić information content (AvgIpc) is 3.34. The number of hydrogen-bond acceptors (Lipinski definition) is 4. The summed E-state index contributed by atoms with van der Waals surface area (Å²) < 4.78 is 1.90. The molecule has 2 fully saturated rings. The fourth-order valence-electron chi connectivity index (χ4n) is 4.10. The molecule has 0 spiro atoms. The van der Waals surface area contributed by atoms with Crippen molar-refractivity contribution in [3.63, 3.8) is 0 Å². The van der Waals surface area contributed by atoms with E-state index in [2.05, 4.69) is 39.2 Å². The van der Waals surface area contributed by atoms with Gasteiger partial charge in [0, 0.05) is 19.6 Å². The van der Waals surface area contributed by atoms with E-state index in [1.165, 1.54) is 5.56 Å². The molecule has 2 atom stereocenters. The summed E-state index contributed by atoms with van der Waals surface area (Å²) in [7, 11) is 0. The summed E-state index contributed by atoms with van der Waals surface area (Å²) in [5.74, 6) is 0.290. The van der Waals surface area contributed by atoms with Gasteiger partial charge < -0.3 is 4.90 Å². The molecule has 0 N–H and O–H groups in total. The predicted octanol–water partition coefficient (Wildman–Crippen LogP) is 2.11. The van der Waals surface area contributed by atoms with E-state index >= 15 is 0 Å². The van der Waals surface area contributed by atoms with Crippen LogP contribution in [0.25, 0.3) is 0 Å². The highest BCUT2D eigenvalue weighted by Crippen LogP contribution is 2.26. The first-order chi connectivity index (χ1) is 12.3. The molecule has 0 radical (unpaired) electrons. The van der Waals surface area contributed by atoms with Crippen LogP contribution in [-0.2, 0) is 11.3 Å². The van der Waals surface area contributed by atoms with Gasteiger partial charge in [-0.1, -0.05) is 30.3 Å². The summed E-state index contributed by atoms with van der Waals surface area (Å²) in [5, 5.41) is 4.26. The van der Waals surface area contributed by atoms with E-state index in [9.17, 15) is 4.79 Å². The van der Waals surface area contributed by atoms with Gasteiger partial charge in [-0.3, -0.25) is 9.69 Å². The molecule has 2 saturated heterocycles. The summed E-state index contributed by atoms with van der Waals surface area (Å²) in [6, 6.07) is 10.7. The van der Waals surface area contributed by atoms with Crippen molar-refractivity contribution in [2.45, 2.75) is 44.3 Å². The van der Waals surface area contributed by atoms with Crippen LogP contribution < -0.4 is 0 Å². The summed E-state index contributed by atoms with van der Waals surface area (Å²) >= 11 is 0. The summed E-state index contributed by atoms with van der Waals surface area (Å²) in [6.45, 7) is 3.47. The quantitative estimate of drug-likeness (QED) is 0.856. The standard InChI is InChI=1S/C19H25N5O/c25-19(23-11-4-8-17(13-23)24-15-20-14-21-24)18-9-5-10-22(18)12-16-6-2-1-3-7-16/h1-3,6-7,14-15,17-18H,4-5,8-13H2/t17-,18+/m1/s1. The van der Waals surface area contributed by atoms with Crippen LogP contribution >= 0.6 is 0 Å². The molecule has 6 heteroatoms. The lowest BCUT2D eigenvalue weighted by molar-refractivity contribution is -0.137. The van der Waals surface area contributed by atoms with Crippen LogP contribution in [0.1, 0.15) is 37.3 Å². The van der Waals surface area contributed by atoms with Gasteiger partial charge in [0.2, 0.25) is 5.91 Å². The van der Waals surface area contributed by atoms with Crippen molar-refractivity contribution in [3.05, 3.63) is 48.5 Å². The Bertz CT molecular complexity index is 687. The van der Waals surface area contributed by atoms with Crippen LogP contribution in [0.2, 0.25) is 0 Å². The largest absolute Gasteiger partial charge is 0.339 e. The lowest BCUT2D eigenvalue weighted by Gasteiger charge is -2.36. The van der Waals surface area contributed by atoms with Gasteiger partial charge in [-0.05, 0) is 37.8 Å². The summed E-state index contributed by atoms with van der Waals surface area (Å²) in [4.78, 5) is 21.6. The van der Waals surface area contributed by atoms with Crippen molar-refractivity contribution in [2.24, 2.45) is 0 Å². The minimum atomic E-state index is 0.0229. The molecule has 6 nitrogen and oxygen atoms in total. The summed E-state index contributed by atoms with van der Waals surface area (Å²) in [5.41, 5.74) is 1.28. The van der Waals surface area contributed by atoms with E-state index in [0.29, 0.717) is 5.91 Å². The first-order valence-corrected chi connectivity index (χ1v) is 9.22. The molecule has 4 rings (SSSR count). The number of carbonyl (C=O) groups excluding carboxylic acids is 1. The molecule has 3 heterocycles. The SMILES string of the molecule is O=C([C@@H]1CCCN1Cc1ccccc1)N1CCC[C@@H](n2cncn2)C1. The van der Waals surface area contributed by atoms with E-state index in [1.54, 1.807) is 12.7 Å². The van der Waals surface area contributed by atoms with Gasteiger partial charge in [0.1, 0.15) is 12.7 Å². The van der Waals surface area contributed by atoms with Gasteiger partial charge in [0.25, 0.3) is 0 Å². The maximum Gasteiger partial charge on any atom is 0.240 e. The molecular weight excluding hydrogens is 314 g/mol. The maximum absolute atomic E-state index is 13.2. The second kappa shape index (κ2) is 7.35. The highest BCUT2D eigenvalue weighted by atomic mass is 16.2. The number of likely N-dealkylation sites (tertiary alicyclic amines) is 2. The number of amides is 1. The Kier molecular flexibility index (Phi) is 4.78. The fraction of sp³-hybridized carbons (Fsp3) is 0.526. The van der Waals surface area contributed by atoms with Crippen LogP contribution in [0.3, 0.4) is 0 Å². The van der Waals surface area contributed by atoms with E-state index < -0.39 is 0 Å². The molecule has 0 bridgehead atoms. The second-order valence-electron chi connectivity index (χ2n) is 7.07. The molecule has 1 amide bonds. The number of aromatic nitrogens is 3. The van der Waals surface area contributed by atoms with Crippen molar-refractivity contribution in [1.29, 1.82) is 0 Å². The van der Waals surface area contributed by atoms with Crippen LogP contribution in [0.5, 0.6) is 0 Å². The van der Waals surface area contributed by atoms with Gasteiger partial charge in [-0.15, -0.1) is 0 Å². The van der Waals surface area contributed by atoms with Crippen LogP contribution in [-0.4, -0.2) is 56.1 Å². The van der Waals surface area contributed by atoms with Crippen molar-refractivity contribution in [1.82, 2.24) is 24.6 Å². The Morgan fingerprint density at radius 2 is 1.96 bits per heavy atom. The van der Waals surface area contributed by atoms with E-state index in [1.807, 2.05) is 15.6 Å². The Hall–Kier alpha value is -2.21. The fourth-order valence-corrected chi connectivity index (χ4v) is 4.10. The predicted molar refractivity (Wildman–Crippen MR) is 94.7 cm³/mol. The zero-order valence-electron chi connectivity index (χ0n) is 14.5. The topological polar surface area (TPSA) is 54.3 Å². The second-order valence-corrected chi connectivity index (χ2v) is 7.07.